The Balaban J connectivity index is 1.72. The minimum Gasteiger partial charge on any atom is -0.488 e. The molecule has 0 unspecified atom stereocenters. The van der Waals surface area contributed by atoms with Gasteiger partial charge in [0.15, 0.2) is 26.9 Å². The Kier molecular flexibility index (Phi) is 6.31. The lowest BCUT2D eigenvalue weighted by Crippen LogP contribution is -2.06. The van der Waals surface area contributed by atoms with Crippen LogP contribution in [0.5, 0.6) is 5.75 Å². The van der Waals surface area contributed by atoms with Crippen molar-refractivity contribution >= 4 is 44.0 Å². The zero-order valence-electron chi connectivity index (χ0n) is 18.3. The molecule has 3 aromatic heterocycles. The Labute approximate surface area is 195 Å². The van der Waals surface area contributed by atoms with E-state index in [1.165, 1.54) is 6.07 Å². The zero-order valence-corrected chi connectivity index (χ0v) is 19.1. The topological polar surface area (TPSA) is 166 Å². The van der Waals surface area contributed by atoms with Crippen molar-refractivity contribution in [1.29, 1.82) is 5.26 Å². The number of benzene rings is 1. The smallest absolute Gasteiger partial charge is 0.184 e. The third-order valence-electron chi connectivity index (χ3n) is 4.70. The number of hydrogen-bond donors (Lipinski definition) is 4. The normalized spacial score (nSPS) is 11.2. The van der Waals surface area contributed by atoms with Crippen LogP contribution in [0.15, 0.2) is 47.4 Å². The van der Waals surface area contributed by atoms with Gasteiger partial charge in [0.2, 0.25) is 0 Å². The van der Waals surface area contributed by atoms with Crippen LogP contribution in [-0.2, 0) is 9.84 Å². The number of nitrogens with zero attached hydrogens (tertiary/aromatic N) is 4. The van der Waals surface area contributed by atoms with Gasteiger partial charge in [-0.3, -0.25) is 0 Å². The molecule has 0 bridgehead atoms. The summed E-state index contributed by atoms with van der Waals surface area (Å²) >= 11 is 0. The average molecular weight is 480 g/mol. The van der Waals surface area contributed by atoms with Gasteiger partial charge in [0.05, 0.1) is 22.9 Å². The van der Waals surface area contributed by atoms with E-state index in [2.05, 4.69) is 30.6 Å². The predicted octanol–water partition coefficient (Wildman–Crippen LogP) is 2.79. The standard InChI is InChI=1S/C22H21N7O4S/c1-13-24-21-15(26-14-5-3-4-6-18(14)34(2,31)32)11-20(29-22(21)25-13)28-19-8-7-17(33-10-9-30)16(12-23)27-19/h3-8,11,30H,9-10H2,1-2H3,(H3,24,25,26,27,28,29). The summed E-state index contributed by atoms with van der Waals surface area (Å²) in [7, 11) is -3.47. The van der Waals surface area contributed by atoms with Crippen molar-refractivity contribution in [2.75, 3.05) is 30.1 Å². The molecule has 34 heavy (non-hydrogen) atoms. The number of nitriles is 1. The SMILES string of the molecule is Cc1nc2nc(Nc3ccc(OCCO)c(C#N)n3)cc(Nc3ccccc3S(C)(=O)=O)c2[nH]1. The molecule has 4 rings (SSSR count). The highest BCUT2D eigenvalue weighted by Gasteiger charge is 2.16. The van der Waals surface area contributed by atoms with Crippen LogP contribution in [0.2, 0.25) is 0 Å². The lowest BCUT2D eigenvalue weighted by atomic mass is 10.2. The molecule has 4 aromatic rings. The fraction of sp³-hybridized carbons (Fsp3) is 0.182. The highest BCUT2D eigenvalue weighted by molar-refractivity contribution is 7.90. The van der Waals surface area contributed by atoms with E-state index >= 15 is 0 Å². The second kappa shape index (κ2) is 9.34. The molecule has 0 spiro atoms. The number of pyridine rings is 2. The first-order valence-corrected chi connectivity index (χ1v) is 12.0. The van der Waals surface area contributed by atoms with Crippen LogP contribution in [0.1, 0.15) is 11.5 Å². The van der Waals surface area contributed by atoms with Crippen molar-refractivity contribution in [3.63, 3.8) is 0 Å². The summed E-state index contributed by atoms with van der Waals surface area (Å²) in [5.74, 6) is 1.61. The molecule has 0 saturated carbocycles. The number of sulfone groups is 1. The third-order valence-corrected chi connectivity index (χ3v) is 5.86. The van der Waals surface area contributed by atoms with Crippen LogP contribution < -0.4 is 15.4 Å². The van der Waals surface area contributed by atoms with Gasteiger partial charge in [-0.1, -0.05) is 12.1 Å². The fourth-order valence-electron chi connectivity index (χ4n) is 3.30. The molecule has 11 nitrogen and oxygen atoms in total. The van der Waals surface area contributed by atoms with E-state index < -0.39 is 9.84 Å². The summed E-state index contributed by atoms with van der Waals surface area (Å²) in [5.41, 5.74) is 2.02. The maximum Gasteiger partial charge on any atom is 0.184 e. The minimum absolute atomic E-state index is 0.0455. The van der Waals surface area contributed by atoms with E-state index in [1.807, 2.05) is 6.07 Å². The first kappa shape index (κ1) is 23.0. The van der Waals surface area contributed by atoms with Crippen molar-refractivity contribution in [2.24, 2.45) is 0 Å². The van der Waals surface area contributed by atoms with Crippen molar-refractivity contribution in [2.45, 2.75) is 11.8 Å². The van der Waals surface area contributed by atoms with Gasteiger partial charge in [-0.2, -0.15) is 5.26 Å². The number of aliphatic hydroxyl groups excluding tert-OH is 1. The molecule has 4 N–H and O–H groups in total. The van der Waals surface area contributed by atoms with E-state index in [1.54, 1.807) is 43.3 Å². The molecular formula is C22H21N7O4S. The van der Waals surface area contributed by atoms with Crippen LogP contribution in [-0.4, -0.2) is 52.9 Å². The number of aromatic amines is 1. The van der Waals surface area contributed by atoms with Gasteiger partial charge >= 0.3 is 0 Å². The molecular weight excluding hydrogens is 458 g/mol. The molecule has 0 atom stereocenters. The van der Waals surface area contributed by atoms with Crippen molar-refractivity contribution in [3.8, 4) is 11.8 Å². The largest absolute Gasteiger partial charge is 0.488 e. The second-order valence-corrected chi connectivity index (χ2v) is 9.31. The van der Waals surface area contributed by atoms with Crippen LogP contribution in [0.4, 0.5) is 23.0 Å². The van der Waals surface area contributed by atoms with Crippen molar-refractivity contribution in [3.05, 3.63) is 54.0 Å². The van der Waals surface area contributed by atoms with Gasteiger partial charge in [0.1, 0.15) is 35.7 Å². The number of aliphatic hydroxyl groups is 1. The maximum absolute atomic E-state index is 12.2. The summed E-state index contributed by atoms with van der Waals surface area (Å²) in [6.07, 6.45) is 1.15. The Bertz CT molecular complexity index is 1510. The average Bonchev–Trinajstić information content (AvgIpc) is 3.18. The van der Waals surface area contributed by atoms with Crippen molar-refractivity contribution in [1.82, 2.24) is 19.9 Å². The predicted molar refractivity (Wildman–Crippen MR) is 126 cm³/mol. The number of aryl methyl sites for hydroxylation is 1. The lowest BCUT2D eigenvalue weighted by molar-refractivity contribution is 0.200. The fourth-order valence-corrected chi connectivity index (χ4v) is 4.15. The van der Waals surface area contributed by atoms with Gasteiger partial charge in [-0.15, -0.1) is 0 Å². The summed E-state index contributed by atoms with van der Waals surface area (Å²) in [6.45, 7) is 1.65. The number of imidazole rings is 1. The van der Waals surface area contributed by atoms with E-state index in [9.17, 15) is 13.7 Å². The molecule has 0 radical (unpaired) electrons. The number of rotatable bonds is 8. The number of hydrogen-bond acceptors (Lipinski definition) is 10. The minimum atomic E-state index is -3.47. The Hall–Kier alpha value is -4.21. The van der Waals surface area contributed by atoms with E-state index in [-0.39, 0.29) is 29.6 Å². The monoisotopic (exact) mass is 479 g/mol. The number of fused-ring (bicyclic) bond motifs is 1. The molecule has 0 aliphatic heterocycles. The molecule has 0 amide bonds. The molecule has 3 heterocycles. The van der Waals surface area contributed by atoms with Crippen LogP contribution in [0.25, 0.3) is 11.2 Å². The van der Waals surface area contributed by atoms with Crippen LogP contribution >= 0.6 is 0 Å². The first-order valence-electron chi connectivity index (χ1n) is 10.1. The summed E-state index contributed by atoms with van der Waals surface area (Å²) < 4.78 is 29.8. The van der Waals surface area contributed by atoms with Crippen LogP contribution in [0.3, 0.4) is 0 Å². The molecule has 174 valence electrons. The Morgan fingerprint density at radius 1 is 1.09 bits per heavy atom. The molecule has 12 heteroatoms. The number of para-hydroxylation sites is 1. The highest BCUT2D eigenvalue weighted by atomic mass is 32.2. The Morgan fingerprint density at radius 2 is 1.88 bits per heavy atom. The lowest BCUT2D eigenvalue weighted by Gasteiger charge is -2.13. The van der Waals surface area contributed by atoms with E-state index in [0.29, 0.717) is 40.0 Å². The van der Waals surface area contributed by atoms with Gasteiger partial charge < -0.3 is 25.5 Å². The summed E-state index contributed by atoms with van der Waals surface area (Å²) in [6, 6.07) is 13.4. The molecule has 0 fully saturated rings. The van der Waals surface area contributed by atoms with E-state index in [0.717, 1.165) is 6.26 Å². The number of ether oxygens (including phenoxy) is 1. The maximum atomic E-state index is 12.2. The number of aromatic nitrogens is 4. The van der Waals surface area contributed by atoms with Crippen LogP contribution in [0, 0.1) is 18.3 Å². The first-order chi connectivity index (χ1) is 16.3. The zero-order chi connectivity index (χ0) is 24.3. The highest BCUT2D eigenvalue weighted by Crippen LogP contribution is 2.31. The quantitative estimate of drug-likeness (QED) is 0.295. The molecule has 1 aromatic carbocycles. The van der Waals surface area contributed by atoms with Gasteiger partial charge in [-0.25, -0.2) is 23.4 Å². The number of H-pyrrole nitrogens is 1. The van der Waals surface area contributed by atoms with Crippen molar-refractivity contribution < 1.29 is 18.3 Å². The molecule has 0 aliphatic carbocycles. The summed E-state index contributed by atoms with van der Waals surface area (Å²) in [5, 5.41) is 24.5. The Morgan fingerprint density at radius 3 is 2.62 bits per heavy atom. The van der Waals surface area contributed by atoms with Gasteiger partial charge in [0, 0.05) is 12.3 Å². The second-order valence-electron chi connectivity index (χ2n) is 7.32. The van der Waals surface area contributed by atoms with E-state index in [4.69, 9.17) is 9.84 Å². The third kappa shape index (κ3) is 4.90. The number of anilines is 4. The van der Waals surface area contributed by atoms with Gasteiger partial charge in [-0.05, 0) is 31.2 Å². The summed E-state index contributed by atoms with van der Waals surface area (Å²) in [4.78, 5) is 16.4. The molecule has 0 aliphatic rings. The number of nitrogens with one attached hydrogen (secondary N) is 3. The molecule has 0 saturated heterocycles. The van der Waals surface area contributed by atoms with Gasteiger partial charge in [0.25, 0.3) is 0 Å².